The molecule has 0 aliphatic heterocycles. The topological polar surface area (TPSA) is 25.8 Å². The summed E-state index contributed by atoms with van der Waals surface area (Å²) in [6, 6.07) is 21.3. The van der Waals surface area contributed by atoms with Crippen LogP contribution in [0.3, 0.4) is 0 Å². The molecule has 118 valence electrons. The van der Waals surface area contributed by atoms with Gasteiger partial charge in [0.25, 0.3) is 0 Å². The number of hydrogen-bond donors (Lipinski definition) is 1. The van der Waals surface area contributed by atoms with Crippen LogP contribution in [0, 0.1) is 6.92 Å². The SMILES string of the molecule is Cc1ccc(C[NH2+]Cc2ccc(OCc3cccs3)cc2)cc1. The second kappa shape index (κ2) is 7.95. The molecular formula is C20H22NOS+. The van der Waals surface area contributed by atoms with Crippen molar-refractivity contribution in [3.05, 3.63) is 87.6 Å². The highest BCUT2D eigenvalue weighted by Crippen LogP contribution is 2.16. The van der Waals surface area contributed by atoms with E-state index >= 15 is 0 Å². The zero-order valence-corrected chi connectivity index (χ0v) is 14.2. The van der Waals surface area contributed by atoms with Gasteiger partial charge in [-0.05, 0) is 42.6 Å². The molecule has 0 bridgehead atoms. The molecule has 0 fully saturated rings. The molecule has 0 unspecified atom stereocenters. The van der Waals surface area contributed by atoms with Gasteiger partial charge in [-0.3, -0.25) is 0 Å². The molecule has 0 saturated carbocycles. The Kier molecular flexibility index (Phi) is 5.46. The second-order valence-corrected chi connectivity index (χ2v) is 6.73. The largest absolute Gasteiger partial charge is 0.488 e. The number of rotatable bonds is 7. The molecule has 0 radical (unpaired) electrons. The molecule has 3 aromatic rings. The van der Waals surface area contributed by atoms with Crippen LogP contribution in [0.15, 0.2) is 66.0 Å². The average molecular weight is 324 g/mol. The molecule has 3 rings (SSSR count). The summed E-state index contributed by atoms with van der Waals surface area (Å²) in [6.07, 6.45) is 0. The maximum atomic E-state index is 5.79. The van der Waals surface area contributed by atoms with Gasteiger partial charge in [-0.2, -0.15) is 0 Å². The number of hydrogen-bond acceptors (Lipinski definition) is 2. The molecule has 1 heterocycles. The predicted molar refractivity (Wildman–Crippen MR) is 95.6 cm³/mol. The van der Waals surface area contributed by atoms with Crippen LogP contribution in [0.4, 0.5) is 0 Å². The maximum absolute atomic E-state index is 5.79. The lowest BCUT2D eigenvalue weighted by Crippen LogP contribution is -2.80. The number of thiophene rings is 1. The number of nitrogens with two attached hydrogens (primary N) is 1. The summed E-state index contributed by atoms with van der Waals surface area (Å²) in [5, 5.41) is 4.40. The van der Waals surface area contributed by atoms with Gasteiger partial charge in [0.2, 0.25) is 0 Å². The van der Waals surface area contributed by atoms with E-state index in [0.717, 1.165) is 18.8 Å². The van der Waals surface area contributed by atoms with Crippen LogP contribution < -0.4 is 10.1 Å². The van der Waals surface area contributed by atoms with Crippen LogP contribution in [0.5, 0.6) is 5.75 Å². The first kappa shape index (κ1) is 15.8. The van der Waals surface area contributed by atoms with Crippen LogP contribution in [0.1, 0.15) is 21.6 Å². The lowest BCUT2D eigenvalue weighted by Gasteiger charge is -2.06. The Hall–Kier alpha value is -2.10. The van der Waals surface area contributed by atoms with Crippen molar-refractivity contribution in [2.75, 3.05) is 0 Å². The number of ether oxygens (including phenoxy) is 1. The molecule has 0 aliphatic carbocycles. The summed E-state index contributed by atoms with van der Waals surface area (Å²) in [7, 11) is 0. The third kappa shape index (κ3) is 4.95. The molecule has 23 heavy (non-hydrogen) atoms. The van der Waals surface area contributed by atoms with Crippen molar-refractivity contribution in [2.45, 2.75) is 26.6 Å². The summed E-state index contributed by atoms with van der Waals surface area (Å²) in [5.74, 6) is 0.931. The van der Waals surface area contributed by atoms with Crippen molar-refractivity contribution >= 4 is 11.3 Å². The van der Waals surface area contributed by atoms with Gasteiger partial charge in [-0.15, -0.1) is 11.3 Å². The molecule has 3 heteroatoms. The van der Waals surface area contributed by atoms with Crippen molar-refractivity contribution in [1.82, 2.24) is 0 Å². The lowest BCUT2D eigenvalue weighted by atomic mass is 10.1. The fourth-order valence-corrected chi connectivity index (χ4v) is 3.02. The van der Waals surface area contributed by atoms with E-state index in [1.165, 1.54) is 21.6 Å². The fourth-order valence-electron chi connectivity index (χ4n) is 2.40. The number of aryl methyl sites for hydroxylation is 1. The van der Waals surface area contributed by atoms with Gasteiger partial charge in [0.1, 0.15) is 25.4 Å². The summed E-state index contributed by atoms with van der Waals surface area (Å²) in [5.41, 5.74) is 4.00. The molecule has 2 aromatic carbocycles. The zero-order valence-electron chi connectivity index (χ0n) is 13.4. The number of quaternary nitrogens is 1. The van der Waals surface area contributed by atoms with Crippen LogP contribution in [-0.2, 0) is 19.7 Å². The highest BCUT2D eigenvalue weighted by Gasteiger charge is 2.00. The zero-order chi connectivity index (χ0) is 15.9. The minimum atomic E-state index is 0.649. The van der Waals surface area contributed by atoms with Crippen molar-refractivity contribution in [3.8, 4) is 5.75 Å². The Bertz CT molecular complexity index is 702. The quantitative estimate of drug-likeness (QED) is 0.701. The first-order chi connectivity index (χ1) is 11.3. The second-order valence-electron chi connectivity index (χ2n) is 5.69. The molecule has 2 N–H and O–H groups in total. The Morgan fingerprint density at radius 3 is 2.13 bits per heavy atom. The van der Waals surface area contributed by atoms with E-state index in [9.17, 15) is 0 Å². The van der Waals surface area contributed by atoms with Crippen LogP contribution >= 0.6 is 11.3 Å². The fraction of sp³-hybridized carbons (Fsp3) is 0.200. The van der Waals surface area contributed by atoms with Crippen molar-refractivity contribution in [2.24, 2.45) is 0 Å². The number of benzene rings is 2. The average Bonchev–Trinajstić information content (AvgIpc) is 3.09. The highest BCUT2D eigenvalue weighted by molar-refractivity contribution is 7.09. The minimum absolute atomic E-state index is 0.649. The van der Waals surface area contributed by atoms with Gasteiger partial charge in [0.05, 0.1) is 0 Å². The molecule has 0 aliphatic rings. The van der Waals surface area contributed by atoms with Crippen molar-refractivity contribution in [3.63, 3.8) is 0 Å². The Morgan fingerprint density at radius 1 is 0.870 bits per heavy atom. The smallest absolute Gasteiger partial charge is 0.122 e. The molecule has 0 atom stereocenters. The molecule has 0 saturated heterocycles. The molecule has 1 aromatic heterocycles. The Balaban J connectivity index is 1.44. The molecule has 0 amide bonds. The van der Waals surface area contributed by atoms with Crippen LogP contribution in [0.2, 0.25) is 0 Å². The van der Waals surface area contributed by atoms with Gasteiger partial charge >= 0.3 is 0 Å². The first-order valence-electron chi connectivity index (χ1n) is 7.91. The molecule has 2 nitrogen and oxygen atoms in total. The van der Waals surface area contributed by atoms with Gasteiger partial charge in [0, 0.05) is 16.0 Å². The molecule has 0 spiro atoms. The van der Waals surface area contributed by atoms with Crippen LogP contribution in [-0.4, -0.2) is 0 Å². The Morgan fingerprint density at radius 2 is 1.52 bits per heavy atom. The third-order valence-corrected chi connectivity index (χ3v) is 4.62. The van der Waals surface area contributed by atoms with E-state index in [1.807, 2.05) is 0 Å². The highest BCUT2D eigenvalue weighted by atomic mass is 32.1. The van der Waals surface area contributed by atoms with Crippen molar-refractivity contribution < 1.29 is 10.1 Å². The summed E-state index contributed by atoms with van der Waals surface area (Å²) in [4.78, 5) is 1.25. The normalized spacial score (nSPS) is 10.7. The summed E-state index contributed by atoms with van der Waals surface area (Å²) >= 11 is 1.73. The van der Waals surface area contributed by atoms with Crippen LogP contribution in [0.25, 0.3) is 0 Å². The van der Waals surface area contributed by atoms with Gasteiger partial charge in [-0.25, -0.2) is 0 Å². The van der Waals surface area contributed by atoms with E-state index in [2.05, 4.69) is 78.3 Å². The predicted octanol–water partition coefficient (Wildman–Crippen LogP) is 3.90. The molecular weight excluding hydrogens is 302 g/mol. The van der Waals surface area contributed by atoms with Gasteiger partial charge < -0.3 is 10.1 Å². The van der Waals surface area contributed by atoms with Gasteiger partial charge in [0.15, 0.2) is 0 Å². The van der Waals surface area contributed by atoms with Crippen molar-refractivity contribution in [1.29, 1.82) is 0 Å². The minimum Gasteiger partial charge on any atom is -0.488 e. The van der Waals surface area contributed by atoms with E-state index in [0.29, 0.717) is 6.61 Å². The van der Waals surface area contributed by atoms with E-state index in [1.54, 1.807) is 11.3 Å². The summed E-state index contributed by atoms with van der Waals surface area (Å²) < 4.78 is 5.79. The monoisotopic (exact) mass is 324 g/mol. The standard InChI is InChI=1S/C20H21NOS/c1-16-4-6-17(7-5-16)13-21-14-18-8-10-19(11-9-18)22-15-20-3-2-12-23-20/h2-12,21H,13-15H2,1H3/p+1. The van der Waals surface area contributed by atoms with Gasteiger partial charge in [-0.1, -0.05) is 35.9 Å². The van der Waals surface area contributed by atoms with E-state index in [-0.39, 0.29) is 0 Å². The lowest BCUT2D eigenvalue weighted by molar-refractivity contribution is -0.686. The Labute approximate surface area is 141 Å². The van der Waals surface area contributed by atoms with E-state index < -0.39 is 0 Å². The summed E-state index contributed by atoms with van der Waals surface area (Å²) in [6.45, 7) is 4.77. The third-order valence-electron chi connectivity index (χ3n) is 3.77. The first-order valence-corrected chi connectivity index (χ1v) is 8.79. The van der Waals surface area contributed by atoms with E-state index in [4.69, 9.17) is 4.74 Å². The maximum Gasteiger partial charge on any atom is 0.122 e.